The molecule has 0 radical (unpaired) electrons. The third kappa shape index (κ3) is 2.00. The summed E-state index contributed by atoms with van der Waals surface area (Å²) in [4.78, 5) is 10.3. The Morgan fingerprint density at radius 3 is 3.00 bits per heavy atom. The molecular formula is C5H7IO3. The Labute approximate surface area is 66.8 Å². The number of cyclic esters (lactones) is 2. The van der Waals surface area contributed by atoms with Gasteiger partial charge in [-0.05, 0) is 6.42 Å². The van der Waals surface area contributed by atoms with Gasteiger partial charge in [-0.15, -0.1) is 0 Å². The van der Waals surface area contributed by atoms with E-state index in [1.807, 2.05) is 0 Å². The lowest BCUT2D eigenvalue weighted by Gasteiger charge is -1.99. The maximum absolute atomic E-state index is 10.3. The fraction of sp³-hybridized carbons (Fsp3) is 0.800. The predicted octanol–water partition coefficient (Wildman–Crippen LogP) is 1.35. The largest absolute Gasteiger partial charge is 0.508 e. The monoisotopic (exact) mass is 242 g/mol. The molecule has 1 fully saturated rings. The number of carbonyl (C=O) groups excluding carboxylic acids is 1. The summed E-state index contributed by atoms with van der Waals surface area (Å²) in [7, 11) is 0. The summed E-state index contributed by atoms with van der Waals surface area (Å²) in [5.41, 5.74) is 0. The second-order valence-electron chi connectivity index (χ2n) is 1.78. The topological polar surface area (TPSA) is 35.5 Å². The first-order chi connectivity index (χ1) is 4.33. The van der Waals surface area contributed by atoms with Crippen molar-refractivity contribution in [3.63, 3.8) is 0 Å². The molecule has 1 heterocycles. The third-order valence-electron chi connectivity index (χ3n) is 1.08. The fourth-order valence-electron chi connectivity index (χ4n) is 0.629. The van der Waals surface area contributed by atoms with Crippen molar-refractivity contribution in [1.82, 2.24) is 0 Å². The first-order valence-corrected chi connectivity index (χ1v) is 4.25. The van der Waals surface area contributed by atoms with E-state index in [0.717, 1.165) is 10.8 Å². The Morgan fingerprint density at radius 1 is 1.78 bits per heavy atom. The summed E-state index contributed by atoms with van der Waals surface area (Å²) in [5.74, 6) is 0. The summed E-state index contributed by atoms with van der Waals surface area (Å²) in [5, 5.41) is 0. The molecule has 3 nitrogen and oxygen atoms in total. The molecule has 0 aliphatic carbocycles. The molecule has 52 valence electrons. The van der Waals surface area contributed by atoms with E-state index in [9.17, 15) is 4.79 Å². The van der Waals surface area contributed by atoms with Crippen molar-refractivity contribution in [1.29, 1.82) is 0 Å². The van der Waals surface area contributed by atoms with Crippen molar-refractivity contribution in [2.75, 3.05) is 11.0 Å². The molecule has 0 amide bonds. The quantitative estimate of drug-likeness (QED) is 0.416. The van der Waals surface area contributed by atoms with E-state index < -0.39 is 6.16 Å². The highest BCUT2D eigenvalue weighted by Gasteiger charge is 2.23. The molecule has 0 bridgehead atoms. The summed E-state index contributed by atoms with van der Waals surface area (Å²) in [6.07, 6.45) is 0.381. The maximum Gasteiger partial charge on any atom is 0.508 e. The van der Waals surface area contributed by atoms with E-state index in [1.54, 1.807) is 0 Å². The highest BCUT2D eigenvalue weighted by atomic mass is 127. The van der Waals surface area contributed by atoms with Gasteiger partial charge in [0.15, 0.2) is 0 Å². The summed E-state index contributed by atoms with van der Waals surface area (Å²) >= 11 is 2.24. The van der Waals surface area contributed by atoms with Crippen LogP contribution < -0.4 is 0 Å². The van der Waals surface area contributed by atoms with Crippen LogP contribution in [0.25, 0.3) is 0 Å². The normalized spacial score (nSPS) is 25.4. The highest BCUT2D eigenvalue weighted by Crippen LogP contribution is 2.10. The molecule has 1 aliphatic rings. The van der Waals surface area contributed by atoms with Crippen molar-refractivity contribution >= 4 is 28.7 Å². The van der Waals surface area contributed by atoms with E-state index in [-0.39, 0.29) is 6.10 Å². The van der Waals surface area contributed by atoms with Crippen LogP contribution in [0, 0.1) is 0 Å². The van der Waals surface area contributed by atoms with Gasteiger partial charge in [-0.25, -0.2) is 4.79 Å². The molecule has 1 atom stereocenters. The van der Waals surface area contributed by atoms with Crippen LogP contribution in [0.1, 0.15) is 6.42 Å². The van der Waals surface area contributed by atoms with Gasteiger partial charge in [0.2, 0.25) is 0 Å². The Balaban J connectivity index is 2.22. The fourth-order valence-corrected chi connectivity index (χ4v) is 1.32. The molecule has 4 heteroatoms. The predicted molar refractivity (Wildman–Crippen MR) is 39.7 cm³/mol. The smallest absolute Gasteiger partial charge is 0.430 e. The number of ether oxygens (including phenoxy) is 2. The van der Waals surface area contributed by atoms with Gasteiger partial charge in [0, 0.05) is 4.43 Å². The first kappa shape index (κ1) is 7.11. The van der Waals surface area contributed by atoms with Gasteiger partial charge in [-0.1, -0.05) is 22.6 Å². The second-order valence-corrected chi connectivity index (χ2v) is 2.86. The Morgan fingerprint density at radius 2 is 2.56 bits per heavy atom. The van der Waals surface area contributed by atoms with Gasteiger partial charge >= 0.3 is 6.16 Å². The van der Waals surface area contributed by atoms with Crippen LogP contribution in [0.4, 0.5) is 4.79 Å². The molecule has 0 N–H and O–H groups in total. The van der Waals surface area contributed by atoms with E-state index >= 15 is 0 Å². The number of rotatable bonds is 2. The number of hydrogen-bond donors (Lipinski definition) is 0. The molecule has 0 spiro atoms. The summed E-state index contributed by atoms with van der Waals surface area (Å²) in [6, 6.07) is 0. The summed E-state index contributed by atoms with van der Waals surface area (Å²) in [6.45, 7) is 0.432. The maximum atomic E-state index is 10.3. The van der Waals surface area contributed by atoms with Gasteiger partial charge in [-0.3, -0.25) is 0 Å². The van der Waals surface area contributed by atoms with Crippen LogP contribution in [0.15, 0.2) is 0 Å². The van der Waals surface area contributed by atoms with E-state index in [1.165, 1.54) is 0 Å². The number of halogens is 1. The second kappa shape index (κ2) is 3.24. The average Bonchev–Trinajstić information content (AvgIpc) is 2.17. The standard InChI is InChI=1S/C5H7IO3/c6-2-1-4-3-8-5(7)9-4/h4H,1-3H2. The zero-order valence-corrected chi connectivity index (χ0v) is 6.96. The van der Waals surface area contributed by atoms with Crippen molar-refractivity contribution in [3.05, 3.63) is 0 Å². The van der Waals surface area contributed by atoms with Crippen molar-refractivity contribution in [2.45, 2.75) is 12.5 Å². The van der Waals surface area contributed by atoms with Crippen molar-refractivity contribution < 1.29 is 14.3 Å². The molecular weight excluding hydrogens is 235 g/mol. The van der Waals surface area contributed by atoms with Crippen LogP contribution in [-0.4, -0.2) is 23.3 Å². The molecule has 0 aromatic rings. The summed E-state index contributed by atoms with van der Waals surface area (Å²) < 4.78 is 10.3. The minimum absolute atomic E-state index is 0.00870. The van der Waals surface area contributed by atoms with Gasteiger partial charge in [0.25, 0.3) is 0 Å². The zero-order chi connectivity index (χ0) is 6.69. The van der Waals surface area contributed by atoms with E-state index in [0.29, 0.717) is 6.61 Å². The minimum Gasteiger partial charge on any atom is -0.430 e. The minimum atomic E-state index is -0.523. The van der Waals surface area contributed by atoms with Gasteiger partial charge in [-0.2, -0.15) is 0 Å². The number of alkyl halides is 1. The Kier molecular flexibility index (Phi) is 2.56. The lowest BCUT2D eigenvalue weighted by atomic mass is 10.3. The third-order valence-corrected chi connectivity index (χ3v) is 1.70. The molecule has 1 unspecified atom stereocenters. The molecule has 0 aromatic carbocycles. The van der Waals surface area contributed by atoms with E-state index in [2.05, 4.69) is 27.3 Å². The van der Waals surface area contributed by atoms with E-state index in [4.69, 9.17) is 4.74 Å². The van der Waals surface area contributed by atoms with Crippen LogP contribution in [0.2, 0.25) is 0 Å². The molecule has 1 rings (SSSR count). The van der Waals surface area contributed by atoms with Crippen molar-refractivity contribution in [3.8, 4) is 0 Å². The Hall–Kier alpha value is -0.0000000000000000555. The van der Waals surface area contributed by atoms with Crippen LogP contribution >= 0.6 is 22.6 Å². The highest BCUT2D eigenvalue weighted by molar-refractivity contribution is 14.1. The SMILES string of the molecule is O=C1OCC(CCI)O1. The van der Waals surface area contributed by atoms with Gasteiger partial charge < -0.3 is 9.47 Å². The van der Waals surface area contributed by atoms with Gasteiger partial charge in [0.1, 0.15) is 12.7 Å². The number of hydrogen-bond acceptors (Lipinski definition) is 3. The Bertz CT molecular complexity index is 115. The average molecular weight is 242 g/mol. The van der Waals surface area contributed by atoms with Gasteiger partial charge in [0.05, 0.1) is 0 Å². The van der Waals surface area contributed by atoms with Crippen LogP contribution in [0.5, 0.6) is 0 Å². The lowest BCUT2D eigenvalue weighted by Crippen LogP contribution is -2.09. The van der Waals surface area contributed by atoms with Crippen LogP contribution in [-0.2, 0) is 9.47 Å². The zero-order valence-electron chi connectivity index (χ0n) is 4.80. The molecule has 0 aromatic heterocycles. The molecule has 9 heavy (non-hydrogen) atoms. The molecule has 1 aliphatic heterocycles. The number of carbonyl (C=O) groups is 1. The first-order valence-electron chi connectivity index (χ1n) is 2.72. The molecule has 1 saturated heterocycles. The van der Waals surface area contributed by atoms with Crippen molar-refractivity contribution in [2.24, 2.45) is 0 Å². The van der Waals surface area contributed by atoms with Crippen LogP contribution in [0.3, 0.4) is 0 Å². The lowest BCUT2D eigenvalue weighted by molar-refractivity contribution is 0.117. The molecule has 0 saturated carbocycles.